The van der Waals surface area contributed by atoms with E-state index in [9.17, 15) is 4.79 Å². The number of nitrogens with one attached hydrogen (secondary N) is 1. The molecule has 0 aliphatic carbocycles. The topological polar surface area (TPSA) is 103 Å². The van der Waals surface area contributed by atoms with E-state index in [0.29, 0.717) is 18.9 Å². The summed E-state index contributed by atoms with van der Waals surface area (Å²) in [4.78, 5) is 11.3. The fraction of sp³-hybridized carbons (Fsp3) is 0.778. The molecule has 5 N–H and O–H groups in total. The van der Waals surface area contributed by atoms with Gasteiger partial charge in [0.15, 0.2) is 0 Å². The molecule has 0 spiro atoms. The van der Waals surface area contributed by atoms with Gasteiger partial charge in [0.25, 0.3) is 0 Å². The van der Waals surface area contributed by atoms with Crippen LogP contribution < -0.4 is 17.2 Å². The fourth-order valence-electron chi connectivity index (χ4n) is 1.56. The summed E-state index contributed by atoms with van der Waals surface area (Å²) in [6.45, 7) is 3.16. The second kappa shape index (κ2) is 5.67. The second-order valence-electron chi connectivity index (χ2n) is 3.52. The number of H-pyrrole nitrogens is 1. The highest BCUT2D eigenvalue weighted by Crippen LogP contribution is 2.12. The van der Waals surface area contributed by atoms with Gasteiger partial charge < -0.3 is 11.5 Å². The van der Waals surface area contributed by atoms with E-state index in [4.69, 9.17) is 11.5 Å². The van der Waals surface area contributed by atoms with Crippen LogP contribution in [-0.4, -0.2) is 21.3 Å². The van der Waals surface area contributed by atoms with Gasteiger partial charge >= 0.3 is 5.69 Å². The van der Waals surface area contributed by atoms with Crippen LogP contribution in [0.25, 0.3) is 0 Å². The second-order valence-corrected chi connectivity index (χ2v) is 3.52. The third kappa shape index (κ3) is 2.90. The fourth-order valence-corrected chi connectivity index (χ4v) is 1.56. The van der Waals surface area contributed by atoms with Crippen LogP contribution >= 0.6 is 0 Å². The molecule has 6 nitrogen and oxygen atoms in total. The molecule has 1 atom stereocenters. The summed E-state index contributed by atoms with van der Waals surface area (Å²) in [6.07, 6.45) is 2.72. The van der Waals surface area contributed by atoms with Gasteiger partial charge in [-0.2, -0.15) is 5.10 Å². The van der Waals surface area contributed by atoms with Crippen molar-refractivity contribution in [1.82, 2.24) is 14.8 Å². The van der Waals surface area contributed by atoms with Crippen molar-refractivity contribution in [2.45, 2.75) is 38.8 Å². The van der Waals surface area contributed by atoms with Crippen LogP contribution in [0.1, 0.15) is 38.1 Å². The van der Waals surface area contributed by atoms with Gasteiger partial charge in [0.05, 0.1) is 6.04 Å². The zero-order valence-corrected chi connectivity index (χ0v) is 9.07. The van der Waals surface area contributed by atoms with Crippen LogP contribution in [0.4, 0.5) is 0 Å². The van der Waals surface area contributed by atoms with Crippen molar-refractivity contribution in [3.05, 3.63) is 16.3 Å². The van der Waals surface area contributed by atoms with Gasteiger partial charge in [0.1, 0.15) is 5.82 Å². The Morgan fingerprint density at radius 1 is 1.53 bits per heavy atom. The third-order valence-electron chi connectivity index (χ3n) is 2.40. The quantitative estimate of drug-likeness (QED) is 0.565. The van der Waals surface area contributed by atoms with Crippen LogP contribution in [0.3, 0.4) is 0 Å². The Labute approximate surface area is 88.7 Å². The van der Waals surface area contributed by atoms with Crippen molar-refractivity contribution < 1.29 is 0 Å². The number of nitrogens with two attached hydrogens (primary N) is 2. The molecule has 1 aromatic rings. The molecule has 0 aromatic carbocycles. The largest absolute Gasteiger partial charge is 0.343 e. The molecule has 1 heterocycles. The smallest absolute Gasteiger partial charge is 0.330 e. The molecule has 6 heteroatoms. The molecule has 0 bridgehead atoms. The van der Waals surface area contributed by atoms with Crippen LogP contribution in [-0.2, 0) is 6.54 Å². The van der Waals surface area contributed by atoms with Crippen LogP contribution in [0.2, 0.25) is 0 Å². The minimum atomic E-state index is -0.193. The lowest BCUT2D eigenvalue weighted by atomic mass is 10.1. The lowest BCUT2D eigenvalue weighted by Gasteiger charge is -2.10. The maximum atomic E-state index is 11.3. The first-order valence-corrected chi connectivity index (χ1v) is 5.31. The van der Waals surface area contributed by atoms with Gasteiger partial charge in [0.2, 0.25) is 0 Å². The summed E-state index contributed by atoms with van der Waals surface area (Å²) < 4.78 is 1.56. The SMILES string of the molecule is CCn1c(C(N)CCCCN)n[nH]c1=O. The third-order valence-corrected chi connectivity index (χ3v) is 2.40. The summed E-state index contributed by atoms with van der Waals surface area (Å²) in [6, 6.07) is -0.185. The Bertz CT molecular complexity index is 343. The van der Waals surface area contributed by atoms with Gasteiger partial charge in [-0.15, -0.1) is 0 Å². The minimum Gasteiger partial charge on any atom is -0.330 e. The molecular formula is C9H19N5O. The summed E-state index contributed by atoms with van der Waals surface area (Å²) >= 11 is 0. The van der Waals surface area contributed by atoms with Crippen molar-refractivity contribution >= 4 is 0 Å². The van der Waals surface area contributed by atoms with Gasteiger partial charge in [0, 0.05) is 6.54 Å². The lowest BCUT2D eigenvalue weighted by molar-refractivity contribution is 0.532. The van der Waals surface area contributed by atoms with Gasteiger partial charge in [-0.1, -0.05) is 6.42 Å². The highest BCUT2D eigenvalue weighted by molar-refractivity contribution is 4.93. The predicted octanol–water partition coefficient (Wildman–Crippen LogP) is -0.280. The molecule has 0 amide bonds. The van der Waals surface area contributed by atoms with Crippen LogP contribution in [0, 0.1) is 0 Å². The zero-order valence-electron chi connectivity index (χ0n) is 9.07. The van der Waals surface area contributed by atoms with E-state index < -0.39 is 0 Å². The number of hydrogen-bond acceptors (Lipinski definition) is 4. The van der Waals surface area contributed by atoms with Crippen molar-refractivity contribution in [3.8, 4) is 0 Å². The minimum absolute atomic E-state index is 0.185. The Morgan fingerprint density at radius 2 is 2.27 bits per heavy atom. The van der Waals surface area contributed by atoms with Crippen molar-refractivity contribution in [1.29, 1.82) is 0 Å². The van der Waals surface area contributed by atoms with Gasteiger partial charge in [-0.3, -0.25) is 4.57 Å². The number of unbranched alkanes of at least 4 members (excludes halogenated alkanes) is 1. The molecule has 1 unspecified atom stereocenters. The molecule has 0 saturated heterocycles. The standard InChI is InChI=1S/C9H19N5O/c1-2-14-8(12-13-9(14)15)7(11)5-3-4-6-10/h7H,2-6,10-11H2,1H3,(H,13,15). The molecular weight excluding hydrogens is 194 g/mol. The molecule has 0 radical (unpaired) electrons. The summed E-state index contributed by atoms with van der Waals surface area (Å²) in [7, 11) is 0. The van der Waals surface area contributed by atoms with E-state index in [1.54, 1.807) is 4.57 Å². The highest BCUT2D eigenvalue weighted by Gasteiger charge is 2.14. The maximum Gasteiger partial charge on any atom is 0.343 e. The average molecular weight is 213 g/mol. The summed E-state index contributed by atoms with van der Waals surface area (Å²) in [5.74, 6) is 0.638. The first-order chi connectivity index (χ1) is 7.20. The van der Waals surface area contributed by atoms with E-state index in [-0.39, 0.29) is 11.7 Å². The van der Waals surface area contributed by atoms with E-state index in [1.165, 1.54) is 0 Å². The van der Waals surface area contributed by atoms with E-state index in [2.05, 4.69) is 10.2 Å². The summed E-state index contributed by atoms with van der Waals surface area (Å²) in [5, 5.41) is 6.35. The first-order valence-electron chi connectivity index (χ1n) is 5.31. The predicted molar refractivity (Wildman–Crippen MR) is 58.4 cm³/mol. The Hall–Kier alpha value is -1.14. The van der Waals surface area contributed by atoms with Crippen molar-refractivity contribution in [3.63, 3.8) is 0 Å². The van der Waals surface area contributed by atoms with Crippen LogP contribution in [0.15, 0.2) is 4.79 Å². The first kappa shape index (κ1) is 11.9. The Balaban J connectivity index is 2.64. The molecule has 0 aliphatic heterocycles. The average Bonchev–Trinajstić information content (AvgIpc) is 2.59. The number of hydrogen-bond donors (Lipinski definition) is 3. The van der Waals surface area contributed by atoms with E-state index in [0.717, 1.165) is 19.3 Å². The highest BCUT2D eigenvalue weighted by atomic mass is 16.1. The number of rotatable bonds is 6. The number of aromatic amines is 1. The molecule has 15 heavy (non-hydrogen) atoms. The zero-order chi connectivity index (χ0) is 11.3. The number of nitrogens with zero attached hydrogens (tertiary/aromatic N) is 2. The lowest BCUT2D eigenvalue weighted by Crippen LogP contribution is -2.22. The molecule has 1 aromatic heterocycles. The Morgan fingerprint density at radius 3 is 2.87 bits per heavy atom. The maximum absolute atomic E-state index is 11.3. The monoisotopic (exact) mass is 213 g/mol. The Kier molecular flexibility index (Phi) is 4.51. The van der Waals surface area contributed by atoms with Gasteiger partial charge in [-0.25, -0.2) is 9.89 Å². The molecule has 1 rings (SSSR count). The van der Waals surface area contributed by atoms with E-state index >= 15 is 0 Å². The normalized spacial score (nSPS) is 13.0. The summed E-state index contributed by atoms with van der Waals surface area (Å²) in [5.41, 5.74) is 11.1. The van der Waals surface area contributed by atoms with Gasteiger partial charge in [-0.05, 0) is 26.3 Å². The molecule has 0 fully saturated rings. The molecule has 0 aliphatic rings. The van der Waals surface area contributed by atoms with Crippen molar-refractivity contribution in [2.75, 3.05) is 6.54 Å². The number of aromatic nitrogens is 3. The molecule has 86 valence electrons. The van der Waals surface area contributed by atoms with E-state index in [1.807, 2.05) is 6.92 Å². The van der Waals surface area contributed by atoms with Crippen LogP contribution in [0.5, 0.6) is 0 Å². The molecule has 0 saturated carbocycles. The van der Waals surface area contributed by atoms with Crippen molar-refractivity contribution in [2.24, 2.45) is 11.5 Å².